The van der Waals surface area contributed by atoms with Crippen LogP contribution in [0.2, 0.25) is 5.02 Å². The summed E-state index contributed by atoms with van der Waals surface area (Å²) < 4.78 is 16.2. The number of rotatable bonds is 4. The highest BCUT2D eigenvalue weighted by molar-refractivity contribution is 6.32. The van der Waals surface area contributed by atoms with Crippen LogP contribution >= 0.6 is 11.6 Å². The number of ether oxygens (including phenoxy) is 3. The first kappa shape index (κ1) is 15.4. The lowest BCUT2D eigenvalue weighted by Crippen LogP contribution is -2.16. The van der Waals surface area contributed by atoms with Gasteiger partial charge in [0.1, 0.15) is 19.8 Å². The molecule has 1 aliphatic heterocycles. The fourth-order valence-electron chi connectivity index (χ4n) is 2.18. The molecule has 3 rings (SSSR count). The molecule has 5 heteroatoms. The summed E-state index contributed by atoms with van der Waals surface area (Å²) in [4.78, 5) is 11.8. The lowest BCUT2D eigenvalue weighted by atomic mass is 10.2. The van der Waals surface area contributed by atoms with Gasteiger partial charge in [-0.05, 0) is 29.3 Å². The maximum absolute atomic E-state index is 11.8. The summed E-state index contributed by atoms with van der Waals surface area (Å²) in [7, 11) is 0. The van der Waals surface area contributed by atoms with Gasteiger partial charge in [0.05, 0.1) is 5.02 Å². The lowest BCUT2D eigenvalue weighted by Gasteiger charge is -2.20. The van der Waals surface area contributed by atoms with Crippen molar-refractivity contribution in [2.24, 2.45) is 0 Å². The van der Waals surface area contributed by atoms with Crippen molar-refractivity contribution >= 4 is 23.6 Å². The normalized spacial score (nSPS) is 13.1. The van der Waals surface area contributed by atoms with Crippen molar-refractivity contribution in [2.45, 2.75) is 6.61 Å². The molecule has 0 radical (unpaired) electrons. The van der Waals surface area contributed by atoms with Crippen molar-refractivity contribution < 1.29 is 19.0 Å². The number of hydrogen-bond acceptors (Lipinski definition) is 4. The standard InChI is InChI=1S/C18H15ClO4/c19-15-10-14(11-16-18(15)22-9-8-21-16)12-23-17(20)7-6-13-4-2-1-3-5-13/h1-7,10-11H,8-9,12H2/b7-6+. The Morgan fingerprint density at radius 3 is 2.78 bits per heavy atom. The van der Waals surface area contributed by atoms with Crippen LogP contribution in [0.15, 0.2) is 48.5 Å². The first-order valence-corrected chi connectivity index (χ1v) is 7.58. The molecular formula is C18H15ClO4. The molecule has 0 unspecified atom stereocenters. The number of fused-ring (bicyclic) bond motifs is 1. The van der Waals surface area contributed by atoms with Crippen molar-refractivity contribution in [3.63, 3.8) is 0 Å². The van der Waals surface area contributed by atoms with Gasteiger partial charge in [0.15, 0.2) is 11.5 Å². The van der Waals surface area contributed by atoms with Crippen LogP contribution in [0.25, 0.3) is 6.08 Å². The van der Waals surface area contributed by atoms with Crippen LogP contribution in [0.1, 0.15) is 11.1 Å². The van der Waals surface area contributed by atoms with Crippen LogP contribution in [0.4, 0.5) is 0 Å². The first-order chi connectivity index (χ1) is 11.2. The van der Waals surface area contributed by atoms with Crippen molar-refractivity contribution in [3.8, 4) is 11.5 Å². The van der Waals surface area contributed by atoms with E-state index in [-0.39, 0.29) is 6.61 Å². The summed E-state index contributed by atoms with van der Waals surface area (Å²) in [6.07, 6.45) is 3.11. The fraction of sp³-hybridized carbons (Fsp3) is 0.167. The van der Waals surface area contributed by atoms with E-state index in [9.17, 15) is 4.79 Å². The Morgan fingerprint density at radius 1 is 1.17 bits per heavy atom. The zero-order valence-electron chi connectivity index (χ0n) is 12.3. The molecule has 4 nitrogen and oxygen atoms in total. The molecule has 0 fully saturated rings. The average Bonchev–Trinajstić information content (AvgIpc) is 2.59. The predicted octanol–water partition coefficient (Wildman–Crippen LogP) is 3.87. The molecule has 1 aliphatic rings. The highest BCUT2D eigenvalue weighted by Crippen LogP contribution is 2.38. The molecule has 118 valence electrons. The molecular weight excluding hydrogens is 316 g/mol. The van der Waals surface area contributed by atoms with Crippen LogP contribution in [0.5, 0.6) is 11.5 Å². The van der Waals surface area contributed by atoms with E-state index >= 15 is 0 Å². The number of benzene rings is 2. The summed E-state index contributed by atoms with van der Waals surface area (Å²) in [6.45, 7) is 1.08. The Balaban J connectivity index is 1.61. The molecule has 0 bridgehead atoms. The number of hydrogen-bond donors (Lipinski definition) is 0. The number of carbonyl (C=O) groups excluding carboxylic acids is 1. The topological polar surface area (TPSA) is 44.8 Å². The van der Waals surface area contributed by atoms with E-state index in [4.69, 9.17) is 25.8 Å². The minimum absolute atomic E-state index is 0.119. The molecule has 0 atom stereocenters. The van der Waals surface area contributed by atoms with Gasteiger partial charge in [0.2, 0.25) is 0 Å². The lowest BCUT2D eigenvalue weighted by molar-refractivity contribution is -0.138. The third kappa shape index (κ3) is 4.05. The molecule has 0 spiro atoms. The van der Waals surface area contributed by atoms with Crippen LogP contribution in [-0.4, -0.2) is 19.2 Å². The second kappa shape index (κ2) is 7.20. The van der Waals surface area contributed by atoms with E-state index in [2.05, 4.69) is 0 Å². The highest BCUT2D eigenvalue weighted by atomic mass is 35.5. The summed E-state index contributed by atoms with van der Waals surface area (Å²) in [5.41, 5.74) is 1.69. The fourth-order valence-corrected chi connectivity index (χ4v) is 2.47. The van der Waals surface area contributed by atoms with E-state index in [1.54, 1.807) is 18.2 Å². The van der Waals surface area contributed by atoms with E-state index in [0.717, 1.165) is 11.1 Å². The molecule has 0 aliphatic carbocycles. The van der Waals surface area contributed by atoms with Crippen molar-refractivity contribution in [2.75, 3.05) is 13.2 Å². The zero-order valence-corrected chi connectivity index (χ0v) is 13.1. The molecule has 0 aromatic heterocycles. The van der Waals surface area contributed by atoms with Crippen LogP contribution in [-0.2, 0) is 16.1 Å². The first-order valence-electron chi connectivity index (χ1n) is 7.20. The highest BCUT2D eigenvalue weighted by Gasteiger charge is 2.16. The second-order valence-electron chi connectivity index (χ2n) is 4.95. The van der Waals surface area contributed by atoms with Gasteiger partial charge in [-0.2, -0.15) is 0 Å². The third-order valence-corrected chi connectivity index (χ3v) is 3.53. The van der Waals surface area contributed by atoms with Crippen LogP contribution < -0.4 is 9.47 Å². The summed E-state index contributed by atoms with van der Waals surface area (Å²) >= 11 is 6.14. The molecule has 0 saturated heterocycles. The van der Waals surface area contributed by atoms with Crippen LogP contribution in [0, 0.1) is 0 Å². The molecule has 2 aromatic rings. The Kier molecular flexibility index (Phi) is 4.83. The quantitative estimate of drug-likeness (QED) is 0.630. The van der Waals surface area contributed by atoms with E-state index in [1.807, 2.05) is 30.3 Å². The second-order valence-corrected chi connectivity index (χ2v) is 5.36. The van der Waals surface area contributed by atoms with E-state index < -0.39 is 5.97 Å². The summed E-state index contributed by atoms with van der Waals surface area (Å²) in [5.74, 6) is 0.700. The Labute approximate surface area is 139 Å². The summed E-state index contributed by atoms with van der Waals surface area (Å²) in [5, 5.41) is 0.452. The summed E-state index contributed by atoms with van der Waals surface area (Å²) in [6, 6.07) is 13.0. The number of carbonyl (C=O) groups is 1. The Morgan fingerprint density at radius 2 is 1.96 bits per heavy atom. The SMILES string of the molecule is O=C(/C=C/c1ccccc1)OCc1cc(Cl)c2c(c1)OCCO2. The molecule has 23 heavy (non-hydrogen) atoms. The third-order valence-electron chi connectivity index (χ3n) is 3.25. The van der Waals surface area contributed by atoms with Gasteiger partial charge in [-0.15, -0.1) is 0 Å². The van der Waals surface area contributed by atoms with Gasteiger partial charge in [0.25, 0.3) is 0 Å². The molecule has 0 N–H and O–H groups in total. The molecule has 1 heterocycles. The smallest absolute Gasteiger partial charge is 0.331 e. The number of esters is 1. The van der Waals surface area contributed by atoms with Gasteiger partial charge in [-0.1, -0.05) is 41.9 Å². The number of halogens is 1. The molecule has 2 aromatic carbocycles. The van der Waals surface area contributed by atoms with Gasteiger partial charge in [0, 0.05) is 6.08 Å². The van der Waals surface area contributed by atoms with Crippen molar-refractivity contribution in [1.82, 2.24) is 0 Å². The van der Waals surface area contributed by atoms with Crippen molar-refractivity contribution in [1.29, 1.82) is 0 Å². The monoisotopic (exact) mass is 330 g/mol. The molecule has 0 saturated carbocycles. The van der Waals surface area contributed by atoms with Gasteiger partial charge in [-0.25, -0.2) is 4.79 Å². The minimum atomic E-state index is -0.417. The van der Waals surface area contributed by atoms with Gasteiger partial charge >= 0.3 is 5.97 Å². The van der Waals surface area contributed by atoms with Crippen molar-refractivity contribution in [3.05, 3.63) is 64.7 Å². The average molecular weight is 331 g/mol. The minimum Gasteiger partial charge on any atom is -0.486 e. The van der Waals surface area contributed by atoms with E-state index in [0.29, 0.717) is 29.7 Å². The molecule has 0 amide bonds. The zero-order chi connectivity index (χ0) is 16.1. The van der Waals surface area contributed by atoms with Crippen LogP contribution in [0.3, 0.4) is 0 Å². The Bertz CT molecular complexity index is 725. The Hall–Kier alpha value is -2.46. The maximum atomic E-state index is 11.8. The largest absolute Gasteiger partial charge is 0.486 e. The predicted molar refractivity (Wildman–Crippen MR) is 87.7 cm³/mol. The van der Waals surface area contributed by atoms with E-state index in [1.165, 1.54) is 6.08 Å². The van der Waals surface area contributed by atoms with Gasteiger partial charge in [-0.3, -0.25) is 0 Å². The maximum Gasteiger partial charge on any atom is 0.331 e. The van der Waals surface area contributed by atoms with Gasteiger partial charge < -0.3 is 14.2 Å².